The molecule has 4 N–H and O–H groups in total. The lowest BCUT2D eigenvalue weighted by molar-refractivity contribution is -0.179. The Morgan fingerprint density at radius 3 is 1.60 bits per heavy atom. The molecule has 11 heteroatoms. The predicted octanol–water partition coefficient (Wildman–Crippen LogP) is 3.80. The normalized spacial score (nSPS) is 31.6. The van der Waals surface area contributed by atoms with Crippen molar-refractivity contribution >= 4 is 0 Å². The largest absolute Gasteiger partial charge is 0.395 e. The second-order valence-electron chi connectivity index (χ2n) is 15.5. The van der Waals surface area contributed by atoms with Gasteiger partial charge >= 0.3 is 0 Å². The summed E-state index contributed by atoms with van der Waals surface area (Å²) in [6.07, 6.45) is 1.16. The predicted molar refractivity (Wildman–Crippen MR) is 209 cm³/mol. The van der Waals surface area contributed by atoms with E-state index in [-0.39, 0.29) is 43.6 Å². The number of β-amino-alcohol motifs (C(OH)–C–C–N with tert-alkyl or cyclic N) is 1. The molecule has 302 valence electrons. The number of nitrogens with zero attached hydrogens (tertiary/aromatic N) is 2. The number of hydrogen-bond donors (Lipinski definition) is 4. The average molecular weight is 763 g/mol. The van der Waals surface area contributed by atoms with Crippen LogP contribution in [0.15, 0.2) is 91.0 Å². The van der Waals surface area contributed by atoms with Gasteiger partial charge in [0.1, 0.15) is 18.3 Å². The van der Waals surface area contributed by atoms with Crippen LogP contribution in [0.2, 0.25) is 0 Å². The minimum absolute atomic E-state index is 0.0370. The van der Waals surface area contributed by atoms with E-state index < -0.39 is 24.4 Å². The first kappa shape index (κ1) is 41.8. The lowest BCUT2D eigenvalue weighted by atomic mass is 9.87. The van der Waals surface area contributed by atoms with Crippen molar-refractivity contribution < 1.29 is 44.1 Å². The van der Waals surface area contributed by atoms with Gasteiger partial charge in [0.15, 0.2) is 0 Å². The number of likely N-dealkylation sites (tertiary alicyclic amines) is 2. The Morgan fingerprint density at radius 1 is 0.618 bits per heavy atom. The van der Waals surface area contributed by atoms with Crippen molar-refractivity contribution in [3.05, 3.63) is 108 Å². The molecule has 7 rings (SSSR count). The Bertz CT molecular complexity index is 1480. The Balaban J connectivity index is 0.000000252. The molecule has 0 amide bonds. The van der Waals surface area contributed by atoms with E-state index in [0.717, 1.165) is 52.0 Å². The highest BCUT2D eigenvalue weighted by Crippen LogP contribution is 2.31. The molecule has 4 aliphatic rings. The lowest BCUT2D eigenvalue weighted by Gasteiger charge is -2.48. The molecule has 0 aliphatic carbocycles. The molecule has 0 radical (unpaired) electrons. The zero-order chi connectivity index (χ0) is 38.4. The molecule has 3 aromatic rings. The number of aliphatic hydroxyl groups is 4. The van der Waals surface area contributed by atoms with Gasteiger partial charge in [0.05, 0.1) is 69.5 Å². The highest BCUT2D eigenvalue weighted by Gasteiger charge is 2.45. The zero-order valence-electron chi connectivity index (χ0n) is 32.3. The summed E-state index contributed by atoms with van der Waals surface area (Å²) in [5.74, 6) is 0.311. The van der Waals surface area contributed by atoms with E-state index in [9.17, 15) is 20.4 Å². The van der Waals surface area contributed by atoms with E-state index in [4.69, 9.17) is 23.7 Å². The number of piperidine rings is 2. The van der Waals surface area contributed by atoms with Gasteiger partial charge in [-0.3, -0.25) is 9.80 Å². The van der Waals surface area contributed by atoms with Crippen LogP contribution in [0.25, 0.3) is 0 Å². The monoisotopic (exact) mass is 762 g/mol. The van der Waals surface area contributed by atoms with Crippen LogP contribution in [-0.2, 0) is 43.5 Å². The number of benzene rings is 3. The van der Waals surface area contributed by atoms with Crippen molar-refractivity contribution in [3.8, 4) is 0 Å². The Kier molecular flexibility index (Phi) is 16.5. The fourth-order valence-corrected chi connectivity index (χ4v) is 8.33. The molecular formula is C44H62N2O9. The van der Waals surface area contributed by atoms with Crippen LogP contribution in [0.1, 0.15) is 49.3 Å². The highest BCUT2D eigenvalue weighted by atomic mass is 16.5. The van der Waals surface area contributed by atoms with Crippen molar-refractivity contribution in [2.45, 2.75) is 107 Å². The maximum absolute atomic E-state index is 9.80. The summed E-state index contributed by atoms with van der Waals surface area (Å²) in [5.41, 5.74) is 3.53. The third-order valence-corrected chi connectivity index (χ3v) is 11.4. The molecule has 4 heterocycles. The van der Waals surface area contributed by atoms with Gasteiger partial charge in [-0.1, -0.05) is 97.9 Å². The highest BCUT2D eigenvalue weighted by molar-refractivity contribution is 5.15. The number of aliphatic hydroxyl groups excluding tert-OH is 4. The van der Waals surface area contributed by atoms with Crippen molar-refractivity contribution in [1.29, 1.82) is 0 Å². The van der Waals surface area contributed by atoms with E-state index in [0.29, 0.717) is 38.9 Å². The molecule has 55 heavy (non-hydrogen) atoms. The standard InChI is InChI=1S/C33H41NO4.C11H21NO5/c1-26-20-34(21-30-18-11-19-36-30)31(25-35-22-27-12-5-2-6-13-27)33(38-24-29-16-9-4-10-17-29)32(26)37-23-28-14-7-3-8-15-28;13-6-8-10(15)11(16)9(14)5-12(8)4-7-2-1-3-17-7/h2-10,12-17,26,30-33H,11,18-25H2,1H3;7-11,13-16H,1-6H2/t26-,30-,31+,32+,33+;7-,8+,9-,10+,11+/m00/s1. The molecule has 3 aromatic carbocycles. The van der Waals surface area contributed by atoms with Gasteiger partial charge in [-0.15, -0.1) is 0 Å². The first-order valence-electron chi connectivity index (χ1n) is 20.2. The number of ether oxygens (including phenoxy) is 5. The van der Waals surface area contributed by atoms with Crippen LogP contribution in [0.5, 0.6) is 0 Å². The maximum atomic E-state index is 9.80. The van der Waals surface area contributed by atoms with Crippen LogP contribution in [0.3, 0.4) is 0 Å². The van der Waals surface area contributed by atoms with Gasteiger partial charge in [-0.2, -0.15) is 0 Å². The summed E-state index contributed by atoms with van der Waals surface area (Å²) in [5, 5.41) is 38.3. The second kappa shape index (κ2) is 21.7. The first-order chi connectivity index (χ1) is 26.9. The van der Waals surface area contributed by atoms with Gasteiger partial charge in [-0.05, 0) is 48.3 Å². The molecule has 10 atom stereocenters. The molecule has 4 aliphatic heterocycles. The summed E-state index contributed by atoms with van der Waals surface area (Å²) in [6.45, 7) is 8.61. The maximum Gasteiger partial charge on any atom is 0.109 e. The third kappa shape index (κ3) is 12.1. The molecule has 4 saturated heterocycles. The van der Waals surface area contributed by atoms with Gasteiger partial charge < -0.3 is 44.1 Å². The van der Waals surface area contributed by atoms with Crippen LogP contribution in [0.4, 0.5) is 0 Å². The molecule has 11 nitrogen and oxygen atoms in total. The smallest absolute Gasteiger partial charge is 0.109 e. The topological polar surface area (TPSA) is 134 Å². The van der Waals surface area contributed by atoms with Crippen LogP contribution in [0, 0.1) is 5.92 Å². The van der Waals surface area contributed by atoms with Crippen LogP contribution in [-0.4, -0.2) is 138 Å². The van der Waals surface area contributed by atoms with Gasteiger partial charge in [-0.25, -0.2) is 0 Å². The fraction of sp³-hybridized carbons (Fsp3) is 0.591. The van der Waals surface area contributed by atoms with E-state index in [1.807, 2.05) is 18.2 Å². The average Bonchev–Trinajstić information content (AvgIpc) is 3.93. The number of rotatable bonds is 15. The number of hydrogen-bond acceptors (Lipinski definition) is 11. The quantitative estimate of drug-likeness (QED) is 0.180. The SMILES string of the molecule is C[C@H]1CN(C[C@@H]2CCCO2)[C@H](COCc2ccccc2)[C@@H](OCc2ccccc2)[C@@H]1OCc1ccccc1.OC[C@@H]1[C@@H](O)[C@H](O)[C@@H](O)CN1C[C@@H]1CCCO1. The summed E-state index contributed by atoms with van der Waals surface area (Å²) in [4.78, 5) is 4.35. The van der Waals surface area contributed by atoms with Crippen LogP contribution < -0.4 is 0 Å². The summed E-state index contributed by atoms with van der Waals surface area (Å²) < 4.78 is 31.3. The van der Waals surface area contributed by atoms with Crippen molar-refractivity contribution in [2.24, 2.45) is 5.92 Å². The van der Waals surface area contributed by atoms with Gasteiger partial charge in [0.25, 0.3) is 0 Å². The summed E-state index contributed by atoms with van der Waals surface area (Å²) >= 11 is 0. The van der Waals surface area contributed by atoms with Crippen LogP contribution >= 0.6 is 0 Å². The molecule has 4 fully saturated rings. The summed E-state index contributed by atoms with van der Waals surface area (Å²) in [6, 6.07) is 30.8. The van der Waals surface area contributed by atoms with E-state index in [1.165, 1.54) is 16.7 Å². The molecule has 0 bridgehead atoms. The molecule has 0 spiro atoms. The van der Waals surface area contributed by atoms with E-state index >= 15 is 0 Å². The van der Waals surface area contributed by atoms with E-state index in [1.54, 1.807) is 4.90 Å². The fourth-order valence-electron chi connectivity index (χ4n) is 8.33. The minimum Gasteiger partial charge on any atom is -0.395 e. The Hall–Kier alpha value is -2.78. The molecule has 0 unspecified atom stereocenters. The molecule has 0 aromatic heterocycles. The third-order valence-electron chi connectivity index (χ3n) is 11.4. The lowest BCUT2D eigenvalue weighted by Crippen LogP contribution is -2.63. The minimum atomic E-state index is -1.19. The van der Waals surface area contributed by atoms with Gasteiger partial charge in [0, 0.05) is 39.4 Å². The van der Waals surface area contributed by atoms with Gasteiger partial charge in [0.2, 0.25) is 0 Å². The van der Waals surface area contributed by atoms with Crippen molar-refractivity contribution in [2.75, 3.05) is 52.6 Å². The Morgan fingerprint density at radius 2 is 1.11 bits per heavy atom. The summed E-state index contributed by atoms with van der Waals surface area (Å²) in [7, 11) is 0. The van der Waals surface area contributed by atoms with Crippen molar-refractivity contribution in [1.82, 2.24) is 9.80 Å². The first-order valence-corrected chi connectivity index (χ1v) is 20.2. The Labute approximate surface area is 326 Å². The van der Waals surface area contributed by atoms with Crippen molar-refractivity contribution in [3.63, 3.8) is 0 Å². The molecule has 0 saturated carbocycles. The molecular weight excluding hydrogens is 700 g/mol. The second-order valence-corrected chi connectivity index (χ2v) is 15.5. The van der Waals surface area contributed by atoms with E-state index in [2.05, 4.69) is 84.6 Å². The zero-order valence-corrected chi connectivity index (χ0v) is 32.3.